The Morgan fingerprint density at radius 2 is 2.14 bits per heavy atom. The molecule has 14 heavy (non-hydrogen) atoms. The molecule has 0 amide bonds. The molecule has 0 aliphatic heterocycles. The topological polar surface area (TPSA) is 28.2 Å². The van der Waals surface area contributed by atoms with Crippen molar-refractivity contribution in [2.75, 3.05) is 26.0 Å². The highest BCUT2D eigenvalue weighted by molar-refractivity contribution is 5.35. The Bertz CT molecular complexity index is 254. The normalized spacial score (nSPS) is 10.6. The summed E-state index contributed by atoms with van der Waals surface area (Å²) in [6.45, 7) is 4.08. The van der Waals surface area contributed by atoms with E-state index < -0.39 is 0 Å². The summed E-state index contributed by atoms with van der Waals surface area (Å²) in [7, 11) is 4.12. The van der Waals surface area contributed by atoms with Gasteiger partial charge in [0.15, 0.2) is 0 Å². The summed E-state index contributed by atoms with van der Waals surface area (Å²) in [6, 6.07) is 4.15. The molecule has 0 saturated heterocycles. The maximum atomic E-state index is 4.33. The van der Waals surface area contributed by atoms with Gasteiger partial charge in [0.25, 0.3) is 0 Å². The van der Waals surface area contributed by atoms with Crippen molar-refractivity contribution >= 4 is 5.82 Å². The van der Waals surface area contributed by atoms with Crippen molar-refractivity contribution in [3.05, 3.63) is 23.9 Å². The molecule has 1 rings (SSSR count). The fourth-order valence-corrected chi connectivity index (χ4v) is 1.24. The summed E-state index contributed by atoms with van der Waals surface area (Å²) < 4.78 is 0. The average molecular weight is 193 g/mol. The van der Waals surface area contributed by atoms with E-state index in [0.717, 1.165) is 25.3 Å². The second kappa shape index (κ2) is 5.60. The number of nitrogens with one attached hydrogen (secondary N) is 1. The summed E-state index contributed by atoms with van der Waals surface area (Å²) >= 11 is 0. The minimum atomic E-state index is 0.945. The van der Waals surface area contributed by atoms with Crippen LogP contribution in [0.15, 0.2) is 18.3 Å². The van der Waals surface area contributed by atoms with Crippen LogP contribution in [-0.2, 0) is 6.54 Å². The lowest BCUT2D eigenvalue weighted by Crippen LogP contribution is -2.11. The number of hydrogen-bond acceptors (Lipinski definition) is 3. The van der Waals surface area contributed by atoms with Crippen molar-refractivity contribution < 1.29 is 0 Å². The first-order chi connectivity index (χ1) is 6.72. The Balaban J connectivity index is 2.50. The third kappa shape index (κ3) is 3.75. The predicted octanol–water partition coefficient (Wildman–Crippen LogP) is 1.97. The van der Waals surface area contributed by atoms with E-state index in [1.165, 1.54) is 5.56 Å². The Labute approximate surface area is 86.2 Å². The first-order valence-electron chi connectivity index (χ1n) is 5.06. The summed E-state index contributed by atoms with van der Waals surface area (Å²) in [5.74, 6) is 0.967. The van der Waals surface area contributed by atoms with Crippen LogP contribution in [0.2, 0.25) is 0 Å². The van der Waals surface area contributed by atoms with Crippen molar-refractivity contribution in [2.24, 2.45) is 0 Å². The molecule has 0 radical (unpaired) electrons. The first kappa shape index (κ1) is 11.0. The van der Waals surface area contributed by atoms with E-state index in [9.17, 15) is 0 Å². The largest absolute Gasteiger partial charge is 0.370 e. The van der Waals surface area contributed by atoms with Crippen LogP contribution in [0, 0.1) is 0 Å². The standard InChI is InChI=1S/C11H19N3/c1-4-7-12-11-6-5-10(8-13-11)9-14(2)3/h5-6,8H,4,7,9H2,1-3H3,(H,12,13). The Morgan fingerprint density at radius 3 is 2.64 bits per heavy atom. The van der Waals surface area contributed by atoms with Crippen molar-refractivity contribution in [3.8, 4) is 0 Å². The summed E-state index contributed by atoms with van der Waals surface area (Å²) in [5, 5.41) is 3.25. The lowest BCUT2D eigenvalue weighted by Gasteiger charge is -2.09. The van der Waals surface area contributed by atoms with Gasteiger partial charge in [-0.2, -0.15) is 0 Å². The van der Waals surface area contributed by atoms with Crippen LogP contribution >= 0.6 is 0 Å². The molecule has 0 bridgehead atoms. The number of anilines is 1. The van der Waals surface area contributed by atoms with Crippen molar-refractivity contribution in [1.82, 2.24) is 9.88 Å². The minimum absolute atomic E-state index is 0.945. The van der Waals surface area contributed by atoms with Crippen molar-refractivity contribution in [1.29, 1.82) is 0 Å². The van der Waals surface area contributed by atoms with Gasteiger partial charge in [0.05, 0.1) is 0 Å². The molecule has 0 aliphatic carbocycles. The van der Waals surface area contributed by atoms with E-state index in [1.54, 1.807) is 0 Å². The maximum Gasteiger partial charge on any atom is 0.125 e. The molecule has 1 heterocycles. The predicted molar refractivity (Wildman–Crippen MR) is 60.4 cm³/mol. The van der Waals surface area contributed by atoms with E-state index >= 15 is 0 Å². The van der Waals surface area contributed by atoms with E-state index in [0.29, 0.717) is 0 Å². The van der Waals surface area contributed by atoms with Crippen molar-refractivity contribution in [2.45, 2.75) is 19.9 Å². The van der Waals surface area contributed by atoms with E-state index in [4.69, 9.17) is 0 Å². The van der Waals surface area contributed by atoms with E-state index in [2.05, 4.69) is 42.3 Å². The van der Waals surface area contributed by atoms with Gasteiger partial charge in [-0.05, 0) is 32.1 Å². The molecule has 3 nitrogen and oxygen atoms in total. The monoisotopic (exact) mass is 193 g/mol. The molecule has 1 N–H and O–H groups in total. The molecule has 1 aromatic rings. The first-order valence-corrected chi connectivity index (χ1v) is 5.06. The third-order valence-electron chi connectivity index (χ3n) is 1.88. The molecule has 0 atom stereocenters. The van der Waals surface area contributed by atoms with E-state index in [-0.39, 0.29) is 0 Å². The van der Waals surface area contributed by atoms with Gasteiger partial charge in [0.2, 0.25) is 0 Å². The fourth-order valence-electron chi connectivity index (χ4n) is 1.24. The molecule has 0 aliphatic rings. The smallest absolute Gasteiger partial charge is 0.125 e. The highest BCUT2D eigenvalue weighted by Crippen LogP contribution is 2.06. The van der Waals surface area contributed by atoms with Gasteiger partial charge >= 0.3 is 0 Å². The third-order valence-corrected chi connectivity index (χ3v) is 1.88. The SMILES string of the molecule is CCCNc1ccc(CN(C)C)cn1. The van der Waals surface area contributed by atoms with Crippen LogP contribution in [0.1, 0.15) is 18.9 Å². The van der Waals surface area contributed by atoms with Gasteiger partial charge in [-0.25, -0.2) is 4.98 Å². The van der Waals surface area contributed by atoms with Gasteiger partial charge in [0.1, 0.15) is 5.82 Å². The Morgan fingerprint density at radius 1 is 1.36 bits per heavy atom. The van der Waals surface area contributed by atoms with Gasteiger partial charge in [0, 0.05) is 19.3 Å². The molecule has 0 spiro atoms. The van der Waals surface area contributed by atoms with Crippen LogP contribution in [0.3, 0.4) is 0 Å². The summed E-state index contributed by atoms with van der Waals surface area (Å²) in [6.07, 6.45) is 3.05. The Kier molecular flexibility index (Phi) is 4.40. The molecule has 0 saturated carbocycles. The zero-order chi connectivity index (χ0) is 10.4. The van der Waals surface area contributed by atoms with Gasteiger partial charge in [-0.15, -0.1) is 0 Å². The van der Waals surface area contributed by atoms with Crippen LogP contribution < -0.4 is 5.32 Å². The summed E-state index contributed by atoms with van der Waals surface area (Å²) in [5.41, 5.74) is 1.25. The van der Waals surface area contributed by atoms with Crippen LogP contribution in [0.5, 0.6) is 0 Å². The quantitative estimate of drug-likeness (QED) is 0.775. The van der Waals surface area contributed by atoms with Gasteiger partial charge < -0.3 is 10.2 Å². The molecule has 3 heteroatoms. The lowest BCUT2D eigenvalue weighted by molar-refractivity contribution is 0.402. The number of pyridine rings is 1. The number of aromatic nitrogens is 1. The highest BCUT2D eigenvalue weighted by atomic mass is 15.1. The number of hydrogen-bond donors (Lipinski definition) is 1. The molecule has 0 fully saturated rings. The molecule has 1 aromatic heterocycles. The Hall–Kier alpha value is -1.09. The van der Waals surface area contributed by atoms with Crippen LogP contribution in [0.25, 0.3) is 0 Å². The number of nitrogens with zero attached hydrogens (tertiary/aromatic N) is 2. The fraction of sp³-hybridized carbons (Fsp3) is 0.545. The van der Waals surface area contributed by atoms with Gasteiger partial charge in [-0.3, -0.25) is 0 Å². The van der Waals surface area contributed by atoms with E-state index in [1.807, 2.05) is 12.3 Å². The van der Waals surface area contributed by atoms with Crippen LogP contribution in [0.4, 0.5) is 5.82 Å². The highest BCUT2D eigenvalue weighted by Gasteiger charge is 1.96. The number of rotatable bonds is 5. The average Bonchev–Trinajstić information content (AvgIpc) is 2.16. The molecule has 0 unspecified atom stereocenters. The second-order valence-corrected chi connectivity index (χ2v) is 3.72. The molecule has 78 valence electrons. The molecular weight excluding hydrogens is 174 g/mol. The lowest BCUT2D eigenvalue weighted by atomic mass is 10.2. The zero-order valence-electron chi connectivity index (χ0n) is 9.25. The molecule has 0 aromatic carbocycles. The summed E-state index contributed by atoms with van der Waals surface area (Å²) in [4.78, 5) is 6.47. The zero-order valence-corrected chi connectivity index (χ0v) is 9.25. The second-order valence-electron chi connectivity index (χ2n) is 3.72. The van der Waals surface area contributed by atoms with Crippen molar-refractivity contribution in [3.63, 3.8) is 0 Å². The van der Waals surface area contributed by atoms with Gasteiger partial charge in [-0.1, -0.05) is 13.0 Å². The molecular formula is C11H19N3. The maximum absolute atomic E-state index is 4.33. The van der Waals surface area contributed by atoms with Crippen LogP contribution in [-0.4, -0.2) is 30.5 Å². The minimum Gasteiger partial charge on any atom is -0.370 e.